The van der Waals surface area contributed by atoms with Crippen molar-refractivity contribution in [2.45, 2.75) is 11.1 Å². The molecule has 96 valence electrons. The van der Waals surface area contributed by atoms with Gasteiger partial charge in [0.1, 0.15) is 0 Å². The van der Waals surface area contributed by atoms with Crippen LogP contribution in [-0.2, 0) is 0 Å². The van der Waals surface area contributed by atoms with Crippen molar-refractivity contribution < 1.29 is 5.11 Å². The van der Waals surface area contributed by atoms with E-state index in [4.69, 9.17) is 0 Å². The van der Waals surface area contributed by atoms with Gasteiger partial charge in [0, 0.05) is 16.7 Å². The summed E-state index contributed by atoms with van der Waals surface area (Å²) in [6.45, 7) is 0. The average molecular weight is 269 g/mol. The summed E-state index contributed by atoms with van der Waals surface area (Å²) >= 11 is 1.64. The number of aromatic nitrogens is 1. The Kier molecular flexibility index (Phi) is 3.58. The van der Waals surface area contributed by atoms with E-state index in [9.17, 15) is 5.11 Å². The Balaban J connectivity index is 1.69. The van der Waals surface area contributed by atoms with E-state index in [2.05, 4.69) is 23.2 Å². The molecule has 0 radical (unpaired) electrons. The van der Waals surface area contributed by atoms with Crippen LogP contribution in [0, 0.1) is 0 Å². The summed E-state index contributed by atoms with van der Waals surface area (Å²) in [5.74, 6) is 0.650. The van der Waals surface area contributed by atoms with Crippen molar-refractivity contribution in [1.82, 2.24) is 4.98 Å². The van der Waals surface area contributed by atoms with Crippen LogP contribution < -0.4 is 0 Å². The molecule has 3 heteroatoms. The Morgan fingerprint density at radius 2 is 1.74 bits per heavy atom. The molecule has 0 amide bonds. The molecule has 1 atom stereocenters. The van der Waals surface area contributed by atoms with Gasteiger partial charge in [-0.1, -0.05) is 48.5 Å². The number of H-pyrrole nitrogens is 1. The first kappa shape index (κ1) is 12.3. The van der Waals surface area contributed by atoms with Gasteiger partial charge in [0.2, 0.25) is 0 Å². The third kappa shape index (κ3) is 2.83. The molecular weight excluding hydrogens is 254 g/mol. The maximum Gasteiger partial charge on any atom is 0.0884 e. The number of aliphatic hydroxyl groups excluding tert-OH is 1. The summed E-state index contributed by atoms with van der Waals surface area (Å²) < 4.78 is 0. The van der Waals surface area contributed by atoms with Crippen molar-refractivity contribution in [1.29, 1.82) is 0 Å². The first-order chi connectivity index (χ1) is 9.33. The summed E-state index contributed by atoms with van der Waals surface area (Å²) in [5.41, 5.74) is 2.10. The predicted octanol–water partition coefficient (Wildman–Crippen LogP) is 3.99. The second-order valence-electron chi connectivity index (χ2n) is 4.46. The maximum absolute atomic E-state index is 10.1. The standard InChI is InChI=1S/C16H15NOS/c18-15(12-6-2-1-3-7-12)11-19-16-10-13-8-4-5-9-14(13)17-16/h1-10,15,17-18H,11H2. The number of rotatable bonds is 4. The fourth-order valence-electron chi connectivity index (χ4n) is 2.06. The van der Waals surface area contributed by atoms with Gasteiger partial charge in [-0.15, -0.1) is 11.8 Å². The minimum atomic E-state index is -0.433. The lowest BCUT2D eigenvalue weighted by molar-refractivity contribution is 0.204. The fourth-order valence-corrected chi connectivity index (χ4v) is 2.99. The Morgan fingerprint density at radius 3 is 2.53 bits per heavy atom. The van der Waals surface area contributed by atoms with Gasteiger partial charge in [0.15, 0.2) is 0 Å². The van der Waals surface area contributed by atoms with Gasteiger partial charge in [-0.3, -0.25) is 0 Å². The Labute approximate surface area is 116 Å². The molecule has 2 N–H and O–H groups in total. The molecular formula is C16H15NOS. The van der Waals surface area contributed by atoms with Gasteiger partial charge >= 0.3 is 0 Å². The van der Waals surface area contributed by atoms with Crippen molar-refractivity contribution in [3.8, 4) is 0 Å². The number of aromatic amines is 1. The smallest absolute Gasteiger partial charge is 0.0884 e. The topological polar surface area (TPSA) is 36.0 Å². The van der Waals surface area contributed by atoms with E-state index in [1.165, 1.54) is 5.39 Å². The molecule has 0 bridgehead atoms. The second-order valence-corrected chi connectivity index (χ2v) is 5.52. The monoisotopic (exact) mass is 269 g/mol. The first-order valence-electron chi connectivity index (χ1n) is 6.26. The molecule has 19 heavy (non-hydrogen) atoms. The molecule has 3 aromatic rings. The zero-order valence-electron chi connectivity index (χ0n) is 10.4. The molecule has 0 aliphatic rings. The lowest BCUT2D eigenvalue weighted by Gasteiger charge is -2.09. The van der Waals surface area contributed by atoms with Gasteiger partial charge in [-0.25, -0.2) is 0 Å². The van der Waals surface area contributed by atoms with E-state index in [-0.39, 0.29) is 0 Å². The van der Waals surface area contributed by atoms with Crippen molar-refractivity contribution >= 4 is 22.7 Å². The second kappa shape index (κ2) is 5.51. The zero-order chi connectivity index (χ0) is 13.1. The Bertz CT molecular complexity index is 630. The number of aliphatic hydroxyl groups is 1. The quantitative estimate of drug-likeness (QED) is 0.702. The number of hydrogen-bond acceptors (Lipinski definition) is 2. The Morgan fingerprint density at radius 1 is 1.00 bits per heavy atom. The van der Waals surface area contributed by atoms with Crippen molar-refractivity contribution in [2.24, 2.45) is 0 Å². The van der Waals surface area contributed by atoms with Gasteiger partial charge in [0.05, 0.1) is 11.1 Å². The van der Waals surface area contributed by atoms with E-state index in [0.29, 0.717) is 5.75 Å². The van der Waals surface area contributed by atoms with Gasteiger partial charge in [-0.2, -0.15) is 0 Å². The lowest BCUT2D eigenvalue weighted by Crippen LogP contribution is -1.99. The van der Waals surface area contributed by atoms with Crippen LogP contribution in [0.15, 0.2) is 65.7 Å². The van der Waals surface area contributed by atoms with E-state index in [0.717, 1.165) is 16.1 Å². The van der Waals surface area contributed by atoms with Crippen LogP contribution in [0.4, 0.5) is 0 Å². The molecule has 0 fully saturated rings. The third-order valence-electron chi connectivity index (χ3n) is 3.09. The molecule has 1 aromatic heterocycles. The highest BCUT2D eigenvalue weighted by Gasteiger charge is 2.08. The summed E-state index contributed by atoms with van der Waals surface area (Å²) in [6, 6.07) is 20.1. The molecule has 0 saturated heterocycles. The van der Waals surface area contributed by atoms with Crippen LogP contribution in [0.2, 0.25) is 0 Å². The molecule has 0 saturated carbocycles. The predicted molar refractivity (Wildman–Crippen MR) is 80.4 cm³/mol. The molecule has 2 nitrogen and oxygen atoms in total. The normalized spacial score (nSPS) is 12.7. The number of fused-ring (bicyclic) bond motifs is 1. The van der Waals surface area contributed by atoms with Crippen LogP contribution in [-0.4, -0.2) is 15.8 Å². The molecule has 1 heterocycles. The molecule has 0 spiro atoms. The number of hydrogen-bond donors (Lipinski definition) is 2. The van der Waals surface area contributed by atoms with Crippen LogP contribution >= 0.6 is 11.8 Å². The lowest BCUT2D eigenvalue weighted by atomic mass is 10.1. The zero-order valence-corrected chi connectivity index (χ0v) is 11.2. The molecule has 0 aliphatic heterocycles. The maximum atomic E-state index is 10.1. The molecule has 1 unspecified atom stereocenters. The number of thioether (sulfide) groups is 1. The summed E-state index contributed by atoms with van der Waals surface area (Å²) in [5, 5.41) is 12.4. The minimum Gasteiger partial charge on any atom is -0.388 e. The van der Waals surface area contributed by atoms with Crippen LogP contribution in [0.5, 0.6) is 0 Å². The SMILES string of the molecule is OC(CSc1cc2ccccc2[nH]1)c1ccccc1. The van der Waals surface area contributed by atoms with Crippen LogP contribution in [0.25, 0.3) is 10.9 Å². The van der Waals surface area contributed by atoms with Gasteiger partial charge < -0.3 is 10.1 Å². The summed E-state index contributed by atoms with van der Waals surface area (Å²) in [7, 11) is 0. The summed E-state index contributed by atoms with van der Waals surface area (Å²) in [6.07, 6.45) is -0.433. The Hall–Kier alpha value is -1.71. The number of benzene rings is 2. The molecule has 0 aliphatic carbocycles. The van der Waals surface area contributed by atoms with E-state index < -0.39 is 6.10 Å². The van der Waals surface area contributed by atoms with Crippen LogP contribution in [0.3, 0.4) is 0 Å². The average Bonchev–Trinajstić information content (AvgIpc) is 2.88. The first-order valence-corrected chi connectivity index (χ1v) is 7.25. The highest BCUT2D eigenvalue weighted by molar-refractivity contribution is 7.99. The number of para-hydroxylation sites is 1. The highest BCUT2D eigenvalue weighted by Crippen LogP contribution is 2.27. The van der Waals surface area contributed by atoms with Crippen LogP contribution in [0.1, 0.15) is 11.7 Å². The van der Waals surface area contributed by atoms with Crippen molar-refractivity contribution in [2.75, 3.05) is 5.75 Å². The molecule has 2 aromatic carbocycles. The van der Waals surface area contributed by atoms with E-state index >= 15 is 0 Å². The fraction of sp³-hybridized carbons (Fsp3) is 0.125. The third-order valence-corrected chi connectivity index (χ3v) is 4.10. The number of nitrogens with one attached hydrogen (secondary N) is 1. The van der Waals surface area contributed by atoms with Crippen molar-refractivity contribution in [3.05, 3.63) is 66.2 Å². The van der Waals surface area contributed by atoms with Gasteiger partial charge in [-0.05, 0) is 17.7 Å². The minimum absolute atomic E-state index is 0.433. The largest absolute Gasteiger partial charge is 0.388 e. The van der Waals surface area contributed by atoms with E-state index in [1.54, 1.807) is 11.8 Å². The van der Waals surface area contributed by atoms with E-state index in [1.807, 2.05) is 42.5 Å². The summed E-state index contributed by atoms with van der Waals surface area (Å²) in [4.78, 5) is 3.35. The highest BCUT2D eigenvalue weighted by atomic mass is 32.2. The van der Waals surface area contributed by atoms with Crippen molar-refractivity contribution in [3.63, 3.8) is 0 Å². The van der Waals surface area contributed by atoms with Gasteiger partial charge in [0.25, 0.3) is 0 Å². The molecule has 3 rings (SSSR count).